The first-order valence-electron chi connectivity index (χ1n) is 11.6. The number of aryl methyl sites for hydroxylation is 4. The monoisotopic (exact) mass is 476 g/mol. The Hall–Kier alpha value is -2.96. The van der Waals surface area contributed by atoms with Crippen LogP contribution in [0.25, 0.3) is 0 Å². The molecule has 1 atom stereocenters. The summed E-state index contributed by atoms with van der Waals surface area (Å²) in [5, 5.41) is 0. The SMILES string of the molecule is Cc1ccc(CN(CC(=O)N2c3ccccc3C[C@H]2C)S(=O)(=O)c2c(C)cc(C)cc2C)cc1. The van der Waals surface area contributed by atoms with E-state index in [1.165, 1.54) is 4.31 Å². The van der Waals surface area contributed by atoms with Crippen LogP contribution in [-0.2, 0) is 27.8 Å². The van der Waals surface area contributed by atoms with E-state index in [2.05, 4.69) is 0 Å². The van der Waals surface area contributed by atoms with Gasteiger partial charge in [0.25, 0.3) is 0 Å². The number of amides is 1. The summed E-state index contributed by atoms with van der Waals surface area (Å²) in [5.74, 6) is -0.212. The van der Waals surface area contributed by atoms with E-state index in [1.54, 1.807) is 4.90 Å². The largest absolute Gasteiger partial charge is 0.308 e. The van der Waals surface area contributed by atoms with Crippen LogP contribution in [0.15, 0.2) is 65.6 Å². The van der Waals surface area contributed by atoms with E-state index in [1.807, 2.05) is 95.3 Å². The van der Waals surface area contributed by atoms with Gasteiger partial charge in [0, 0.05) is 18.3 Å². The van der Waals surface area contributed by atoms with Crippen molar-refractivity contribution in [2.45, 2.75) is 58.5 Å². The first kappa shape index (κ1) is 24.2. The zero-order valence-corrected chi connectivity index (χ0v) is 21.3. The second kappa shape index (κ2) is 9.35. The van der Waals surface area contributed by atoms with Gasteiger partial charge in [0.2, 0.25) is 15.9 Å². The molecule has 3 aromatic carbocycles. The average molecular weight is 477 g/mol. The van der Waals surface area contributed by atoms with Crippen LogP contribution in [0.2, 0.25) is 0 Å². The molecule has 5 nitrogen and oxygen atoms in total. The number of fused-ring (bicyclic) bond motifs is 1. The van der Waals surface area contributed by atoms with Gasteiger partial charge >= 0.3 is 0 Å². The minimum absolute atomic E-state index is 0.0170. The fraction of sp³-hybridized carbons (Fsp3) is 0.321. The lowest BCUT2D eigenvalue weighted by Crippen LogP contribution is -2.45. The highest BCUT2D eigenvalue weighted by Crippen LogP contribution is 2.33. The molecular weight excluding hydrogens is 444 g/mol. The summed E-state index contributed by atoms with van der Waals surface area (Å²) in [7, 11) is -3.92. The molecule has 0 spiro atoms. The number of sulfonamides is 1. The molecule has 0 N–H and O–H groups in total. The molecule has 1 heterocycles. The summed E-state index contributed by atoms with van der Waals surface area (Å²) in [6, 6.07) is 19.4. The van der Waals surface area contributed by atoms with E-state index in [4.69, 9.17) is 0 Å². The van der Waals surface area contributed by atoms with E-state index >= 15 is 0 Å². The van der Waals surface area contributed by atoms with Crippen LogP contribution in [0.4, 0.5) is 5.69 Å². The van der Waals surface area contributed by atoms with Gasteiger partial charge in [-0.05, 0) is 69.4 Å². The Labute approximate surface area is 203 Å². The van der Waals surface area contributed by atoms with E-state index in [0.29, 0.717) is 11.1 Å². The molecule has 34 heavy (non-hydrogen) atoms. The molecule has 0 saturated carbocycles. The molecule has 178 valence electrons. The third kappa shape index (κ3) is 4.65. The van der Waals surface area contributed by atoms with Crippen molar-refractivity contribution in [3.8, 4) is 0 Å². The molecule has 1 aliphatic rings. The van der Waals surface area contributed by atoms with Gasteiger partial charge in [0.1, 0.15) is 0 Å². The van der Waals surface area contributed by atoms with Crippen LogP contribution in [0.5, 0.6) is 0 Å². The van der Waals surface area contributed by atoms with Gasteiger partial charge in [0.15, 0.2) is 0 Å². The van der Waals surface area contributed by atoms with Gasteiger partial charge in [-0.3, -0.25) is 4.79 Å². The second-order valence-electron chi connectivity index (χ2n) is 9.43. The van der Waals surface area contributed by atoms with Gasteiger partial charge in [-0.2, -0.15) is 4.31 Å². The third-order valence-corrected chi connectivity index (χ3v) is 8.57. The Morgan fingerprint density at radius 1 is 0.941 bits per heavy atom. The molecule has 0 aliphatic carbocycles. The van der Waals surface area contributed by atoms with Crippen molar-refractivity contribution in [1.29, 1.82) is 0 Å². The number of rotatable bonds is 6. The zero-order valence-electron chi connectivity index (χ0n) is 20.5. The quantitative estimate of drug-likeness (QED) is 0.498. The van der Waals surface area contributed by atoms with Crippen molar-refractivity contribution in [3.63, 3.8) is 0 Å². The minimum atomic E-state index is -3.92. The number of benzene rings is 3. The highest BCUT2D eigenvalue weighted by Gasteiger charge is 2.35. The van der Waals surface area contributed by atoms with E-state index < -0.39 is 10.0 Å². The molecule has 1 amide bonds. The maximum Gasteiger partial charge on any atom is 0.244 e. The van der Waals surface area contributed by atoms with Crippen molar-refractivity contribution in [1.82, 2.24) is 4.31 Å². The van der Waals surface area contributed by atoms with Gasteiger partial charge in [-0.15, -0.1) is 0 Å². The normalized spacial score (nSPS) is 15.6. The lowest BCUT2D eigenvalue weighted by Gasteiger charge is -2.28. The second-order valence-corrected chi connectivity index (χ2v) is 11.3. The topological polar surface area (TPSA) is 57.7 Å². The maximum atomic E-state index is 14.0. The molecule has 0 bridgehead atoms. The summed E-state index contributed by atoms with van der Waals surface area (Å²) >= 11 is 0. The smallest absolute Gasteiger partial charge is 0.244 e. The molecule has 6 heteroatoms. The van der Waals surface area contributed by atoms with Crippen LogP contribution < -0.4 is 4.90 Å². The number of carbonyl (C=O) groups is 1. The van der Waals surface area contributed by atoms with Crippen LogP contribution in [-0.4, -0.2) is 31.2 Å². The number of carbonyl (C=O) groups excluding carboxylic acids is 1. The third-order valence-electron chi connectivity index (χ3n) is 6.47. The highest BCUT2D eigenvalue weighted by atomic mass is 32.2. The number of para-hydroxylation sites is 1. The summed E-state index contributed by atoms with van der Waals surface area (Å²) < 4.78 is 29.3. The van der Waals surface area contributed by atoms with Crippen LogP contribution in [0, 0.1) is 27.7 Å². The van der Waals surface area contributed by atoms with Gasteiger partial charge < -0.3 is 4.90 Å². The number of anilines is 1. The first-order chi connectivity index (χ1) is 16.1. The molecule has 1 aliphatic heterocycles. The molecule has 3 aromatic rings. The molecule has 0 unspecified atom stereocenters. The van der Waals surface area contributed by atoms with E-state index in [0.717, 1.165) is 34.4 Å². The standard InChI is InChI=1S/C28H32N2O3S/c1-19-10-12-24(13-11-19)17-29(34(32,33)28-21(3)14-20(2)15-22(28)4)18-27(31)30-23(5)16-25-8-6-7-9-26(25)30/h6-15,23H,16-18H2,1-5H3/t23-/m1/s1. The molecule has 0 fully saturated rings. The highest BCUT2D eigenvalue weighted by molar-refractivity contribution is 7.89. The Morgan fingerprint density at radius 3 is 2.21 bits per heavy atom. The fourth-order valence-electron chi connectivity index (χ4n) is 5.00. The zero-order chi connectivity index (χ0) is 24.6. The first-order valence-corrected chi connectivity index (χ1v) is 13.1. The van der Waals surface area contributed by atoms with Gasteiger partial charge in [0.05, 0.1) is 11.4 Å². The van der Waals surface area contributed by atoms with E-state index in [9.17, 15) is 13.2 Å². The van der Waals surface area contributed by atoms with Gasteiger partial charge in [-0.1, -0.05) is 65.7 Å². The lowest BCUT2D eigenvalue weighted by molar-refractivity contribution is -0.119. The van der Waals surface area contributed by atoms with Crippen molar-refractivity contribution in [3.05, 3.63) is 94.0 Å². The summed E-state index contributed by atoms with van der Waals surface area (Å²) in [5.41, 5.74) is 6.33. The lowest BCUT2D eigenvalue weighted by atomic mass is 10.1. The molecular formula is C28H32N2O3S. The predicted octanol–water partition coefficient (Wildman–Crippen LogP) is 5.09. The summed E-state index contributed by atoms with van der Waals surface area (Å²) in [6.45, 7) is 9.50. The Bertz CT molecular complexity index is 1310. The summed E-state index contributed by atoms with van der Waals surface area (Å²) in [6.07, 6.45) is 0.767. The Morgan fingerprint density at radius 2 is 1.56 bits per heavy atom. The predicted molar refractivity (Wildman–Crippen MR) is 137 cm³/mol. The molecule has 0 saturated heterocycles. The van der Waals surface area contributed by atoms with Crippen molar-refractivity contribution in [2.24, 2.45) is 0 Å². The molecule has 0 aromatic heterocycles. The van der Waals surface area contributed by atoms with Crippen molar-refractivity contribution < 1.29 is 13.2 Å². The minimum Gasteiger partial charge on any atom is -0.308 e. The molecule has 4 rings (SSSR count). The van der Waals surface area contributed by atoms with Crippen molar-refractivity contribution in [2.75, 3.05) is 11.4 Å². The number of hydrogen-bond donors (Lipinski definition) is 0. The number of hydrogen-bond acceptors (Lipinski definition) is 3. The summed E-state index contributed by atoms with van der Waals surface area (Å²) in [4.78, 5) is 15.6. The van der Waals surface area contributed by atoms with Crippen LogP contribution in [0.3, 0.4) is 0 Å². The van der Waals surface area contributed by atoms with Crippen LogP contribution in [0.1, 0.15) is 40.3 Å². The molecule has 0 radical (unpaired) electrons. The Kier molecular flexibility index (Phi) is 6.65. The average Bonchev–Trinajstić information content (AvgIpc) is 3.09. The van der Waals surface area contributed by atoms with Crippen molar-refractivity contribution >= 4 is 21.6 Å². The Balaban J connectivity index is 1.73. The van der Waals surface area contributed by atoms with Crippen LogP contribution >= 0.6 is 0 Å². The fourth-order valence-corrected chi connectivity index (χ4v) is 6.79. The van der Waals surface area contributed by atoms with Gasteiger partial charge in [-0.25, -0.2) is 8.42 Å². The van der Waals surface area contributed by atoms with E-state index in [-0.39, 0.29) is 29.9 Å². The number of nitrogens with zero attached hydrogens (tertiary/aromatic N) is 2. The maximum absolute atomic E-state index is 14.0.